The van der Waals surface area contributed by atoms with Gasteiger partial charge in [-0.1, -0.05) is 27.2 Å². The Morgan fingerprint density at radius 3 is 2.50 bits per heavy atom. The third kappa shape index (κ3) is 4.83. The summed E-state index contributed by atoms with van der Waals surface area (Å²) in [6.07, 6.45) is 2.07. The molecule has 1 rings (SSSR count). The number of anilines is 2. The van der Waals surface area contributed by atoms with Crippen LogP contribution >= 0.6 is 0 Å². The molecule has 1 aromatic heterocycles. The van der Waals surface area contributed by atoms with Crippen LogP contribution in [0.5, 0.6) is 6.01 Å². The van der Waals surface area contributed by atoms with Crippen molar-refractivity contribution in [3.63, 3.8) is 0 Å². The van der Waals surface area contributed by atoms with Crippen molar-refractivity contribution in [2.24, 2.45) is 5.92 Å². The quantitative estimate of drug-likeness (QED) is 0.750. The Bertz CT molecular complexity index is 399. The van der Waals surface area contributed by atoms with Crippen molar-refractivity contribution in [2.75, 3.05) is 37.0 Å². The number of hydrogen-bond donors (Lipinski definition) is 1. The fourth-order valence-electron chi connectivity index (χ4n) is 1.71. The van der Waals surface area contributed by atoms with Gasteiger partial charge in [0.05, 0.1) is 6.61 Å². The molecule has 0 aromatic carbocycles. The first-order valence-corrected chi connectivity index (χ1v) is 7.46. The zero-order valence-corrected chi connectivity index (χ0v) is 13.3. The Hall–Kier alpha value is -1.59. The van der Waals surface area contributed by atoms with Gasteiger partial charge in [0.2, 0.25) is 11.9 Å². The summed E-state index contributed by atoms with van der Waals surface area (Å²) in [5.74, 6) is 1.83. The van der Waals surface area contributed by atoms with E-state index in [0.29, 0.717) is 30.4 Å². The zero-order valence-electron chi connectivity index (χ0n) is 13.3. The monoisotopic (exact) mass is 281 g/mol. The molecule has 1 aromatic rings. The van der Waals surface area contributed by atoms with Gasteiger partial charge in [0.1, 0.15) is 0 Å². The lowest BCUT2D eigenvalue weighted by Crippen LogP contribution is -2.30. The van der Waals surface area contributed by atoms with Crippen LogP contribution < -0.4 is 15.0 Å². The molecule has 0 radical (unpaired) electrons. The van der Waals surface area contributed by atoms with Gasteiger partial charge < -0.3 is 15.0 Å². The highest BCUT2D eigenvalue weighted by Gasteiger charge is 2.14. The smallest absolute Gasteiger partial charge is 0.323 e. The Balaban J connectivity index is 2.94. The molecule has 0 aliphatic carbocycles. The maximum Gasteiger partial charge on any atom is 0.323 e. The summed E-state index contributed by atoms with van der Waals surface area (Å²) >= 11 is 0. The van der Waals surface area contributed by atoms with Gasteiger partial charge in [-0.25, -0.2) is 0 Å². The third-order valence-electron chi connectivity index (χ3n) is 3.16. The number of hydrogen-bond acceptors (Lipinski definition) is 6. The topological polar surface area (TPSA) is 63.2 Å². The fourth-order valence-corrected chi connectivity index (χ4v) is 1.71. The lowest BCUT2D eigenvalue weighted by atomic mass is 10.1. The van der Waals surface area contributed by atoms with Gasteiger partial charge in [0.25, 0.3) is 0 Å². The first-order chi connectivity index (χ1) is 9.64. The van der Waals surface area contributed by atoms with Crippen molar-refractivity contribution in [1.82, 2.24) is 15.0 Å². The maximum absolute atomic E-state index is 5.54. The normalized spacial score (nSPS) is 12.1. The van der Waals surface area contributed by atoms with Crippen LogP contribution in [0.25, 0.3) is 0 Å². The van der Waals surface area contributed by atoms with Crippen LogP contribution in [0.1, 0.15) is 40.5 Å². The standard InChI is InChI=1S/C14H27N5O/c1-6-9-20-14-17-12(15-5)16-13(18-14)19(8-3)10-11(4)7-2/h11H,6-10H2,1-5H3,(H,15,16,17,18). The second kappa shape index (κ2) is 8.55. The van der Waals surface area contributed by atoms with E-state index >= 15 is 0 Å². The van der Waals surface area contributed by atoms with Gasteiger partial charge >= 0.3 is 6.01 Å². The second-order valence-electron chi connectivity index (χ2n) is 4.89. The summed E-state index contributed by atoms with van der Waals surface area (Å²) in [7, 11) is 1.80. The van der Waals surface area contributed by atoms with Crippen molar-refractivity contribution in [1.29, 1.82) is 0 Å². The molecular weight excluding hydrogens is 254 g/mol. The minimum absolute atomic E-state index is 0.392. The van der Waals surface area contributed by atoms with Crippen molar-refractivity contribution in [2.45, 2.75) is 40.5 Å². The highest BCUT2D eigenvalue weighted by molar-refractivity contribution is 5.37. The molecule has 0 saturated carbocycles. The van der Waals surface area contributed by atoms with Crippen LogP contribution in [0.4, 0.5) is 11.9 Å². The highest BCUT2D eigenvalue weighted by atomic mass is 16.5. The van der Waals surface area contributed by atoms with E-state index in [1.165, 1.54) is 0 Å². The molecule has 1 unspecified atom stereocenters. The molecule has 1 heterocycles. The highest BCUT2D eigenvalue weighted by Crippen LogP contribution is 2.17. The van der Waals surface area contributed by atoms with E-state index < -0.39 is 0 Å². The minimum atomic E-state index is 0.392. The Kier molecular flexibility index (Phi) is 7.04. The molecule has 0 saturated heterocycles. The third-order valence-corrected chi connectivity index (χ3v) is 3.16. The minimum Gasteiger partial charge on any atom is -0.463 e. The van der Waals surface area contributed by atoms with Crippen LogP contribution in [0.3, 0.4) is 0 Å². The number of nitrogens with one attached hydrogen (secondary N) is 1. The van der Waals surface area contributed by atoms with Crippen LogP contribution in [0.2, 0.25) is 0 Å². The summed E-state index contributed by atoms with van der Waals surface area (Å²) in [5.41, 5.74) is 0. The predicted octanol–water partition coefficient (Wildman–Crippen LogP) is 2.57. The van der Waals surface area contributed by atoms with E-state index in [1.807, 2.05) is 0 Å². The fraction of sp³-hybridized carbons (Fsp3) is 0.786. The van der Waals surface area contributed by atoms with E-state index in [-0.39, 0.29) is 0 Å². The number of aromatic nitrogens is 3. The van der Waals surface area contributed by atoms with Gasteiger partial charge in [0, 0.05) is 20.1 Å². The van der Waals surface area contributed by atoms with Gasteiger partial charge in [0.15, 0.2) is 0 Å². The van der Waals surface area contributed by atoms with Gasteiger partial charge in [-0.3, -0.25) is 0 Å². The van der Waals surface area contributed by atoms with Crippen LogP contribution in [0, 0.1) is 5.92 Å². The van der Waals surface area contributed by atoms with Gasteiger partial charge in [-0.15, -0.1) is 0 Å². The van der Waals surface area contributed by atoms with E-state index in [4.69, 9.17) is 4.74 Å². The molecule has 1 N–H and O–H groups in total. The number of nitrogens with zero attached hydrogens (tertiary/aromatic N) is 4. The number of ether oxygens (including phenoxy) is 1. The van der Waals surface area contributed by atoms with Crippen LogP contribution in [-0.2, 0) is 0 Å². The molecule has 114 valence electrons. The number of rotatable bonds is 9. The molecular formula is C14H27N5O. The lowest BCUT2D eigenvalue weighted by Gasteiger charge is -2.24. The first-order valence-electron chi connectivity index (χ1n) is 7.46. The van der Waals surface area contributed by atoms with Crippen molar-refractivity contribution in [3.8, 4) is 6.01 Å². The second-order valence-corrected chi connectivity index (χ2v) is 4.89. The average molecular weight is 281 g/mol. The molecule has 0 spiro atoms. The average Bonchev–Trinajstić information content (AvgIpc) is 2.49. The summed E-state index contributed by atoms with van der Waals surface area (Å²) in [6, 6.07) is 0.392. The summed E-state index contributed by atoms with van der Waals surface area (Å²) in [6.45, 7) is 11.0. The summed E-state index contributed by atoms with van der Waals surface area (Å²) < 4.78 is 5.54. The van der Waals surface area contributed by atoms with Crippen LogP contribution in [-0.4, -0.2) is 41.7 Å². The Morgan fingerprint density at radius 1 is 1.20 bits per heavy atom. The first kappa shape index (κ1) is 16.5. The van der Waals surface area contributed by atoms with Crippen molar-refractivity contribution < 1.29 is 4.74 Å². The Labute approximate surface area is 122 Å². The molecule has 6 nitrogen and oxygen atoms in total. The largest absolute Gasteiger partial charge is 0.463 e. The molecule has 0 fully saturated rings. The van der Waals surface area contributed by atoms with Gasteiger partial charge in [-0.2, -0.15) is 15.0 Å². The van der Waals surface area contributed by atoms with Gasteiger partial charge in [-0.05, 0) is 19.3 Å². The zero-order chi connectivity index (χ0) is 15.0. The van der Waals surface area contributed by atoms with E-state index in [9.17, 15) is 0 Å². The predicted molar refractivity (Wildman–Crippen MR) is 82.5 cm³/mol. The molecule has 0 aliphatic rings. The SMILES string of the molecule is CCCOc1nc(NC)nc(N(CC)CC(C)CC)n1. The van der Waals surface area contributed by atoms with Crippen LogP contribution in [0.15, 0.2) is 0 Å². The van der Waals surface area contributed by atoms with E-state index in [1.54, 1.807) is 7.05 Å². The van der Waals surface area contributed by atoms with Crippen molar-refractivity contribution >= 4 is 11.9 Å². The summed E-state index contributed by atoms with van der Waals surface area (Å²) in [4.78, 5) is 15.2. The van der Waals surface area contributed by atoms with Crippen molar-refractivity contribution in [3.05, 3.63) is 0 Å². The molecule has 1 atom stereocenters. The Morgan fingerprint density at radius 2 is 1.95 bits per heavy atom. The van der Waals surface area contributed by atoms with E-state index in [2.05, 4.69) is 52.9 Å². The lowest BCUT2D eigenvalue weighted by molar-refractivity contribution is 0.291. The molecule has 6 heteroatoms. The molecule has 20 heavy (non-hydrogen) atoms. The molecule has 0 bridgehead atoms. The molecule has 0 aliphatic heterocycles. The van der Waals surface area contributed by atoms with E-state index in [0.717, 1.165) is 25.9 Å². The maximum atomic E-state index is 5.54. The summed E-state index contributed by atoms with van der Waals surface area (Å²) in [5, 5.41) is 2.96. The molecule has 0 amide bonds.